The molecule has 0 unspecified atom stereocenters. The van der Waals surface area contributed by atoms with Gasteiger partial charge in [0.25, 0.3) is 11.9 Å². The summed E-state index contributed by atoms with van der Waals surface area (Å²) in [7, 11) is -2.95. The highest BCUT2D eigenvalue weighted by atomic mass is 28.4. The Hall–Kier alpha value is -2.41. The van der Waals surface area contributed by atoms with Crippen LogP contribution in [-0.4, -0.2) is 26.4 Å². The standard InChI is InChI=1S/C11H14O4Si.C4H7NO/c1-9(12)14-16(3,15-10(2)13)11-7-5-4-6-8-11;1-3(2)4(5)6/h4-8H,1-3H3;1H2,2H3,(H2,5,6). The van der Waals surface area contributed by atoms with Gasteiger partial charge < -0.3 is 14.6 Å². The Morgan fingerprint density at radius 2 is 1.36 bits per heavy atom. The maximum absolute atomic E-state index is 11.0. The molecule has 0 saturated carbocycles. The van der Waals surface area contributed by atoms with E-state index < -0.39 is 26.4 Å². The van der Waals surface area contributed by atoms with Crippen LogP contribution in [0.3, 0.4) is 0 Å². The molecule has 2 N–H and O–H groups in total. The largest absolute Gasteiger partial charge is 0.496 e. The van der Waals surface area contributed by atoms with Crippen LogP contribution in [0.15, 0.2) is 42.5 Å². The first-order chi connectivity index (χ1) is 10.1. The summed E-state index contributed by atoms with van der Waals surface area (Å²) in [6.45, 7) is 9.13. The van der Waals surface area contributed by atoms with Crippen LogP contribution in [0.1, 0.15) is 20.8 Å². The Kier molecular flexibility index (Phi) is 7.82. The molecule has 0 aromatic heterocycles. The van der Waals surface area contributed by atoms with Crippen molar-refractivity contribution >= 4 is 31.6 Å². The Balaban J connectivity index is 0.000000626. The normalized spacial score (nSPS) is 9.82. The first-order valence-electron chi connectivity index (χ1n) is 6.48. The van der Waals surface area contributed by atoms with E-state index in [0.29, 0.717) is 5.57 Å². The van der Waals surface area contributed by atoms with Crippen LogP contribution in [0.25, 0.3) is 0 Å². The Labute approximate surface area is 131 Å². The summed E-state index contributed by atoms with van der Waals surface area (Å²) in [5.74, 6) is -1.33. The summed E-state index contributed by atoms with van der Waals surface area (Å²) < 4.78 is 10.4. The highest BCUT2D eigenvalue weighted by Crippen LogP contribution is 2.08. The summed E-state index contributed by atoms with van der Waals surface area (Å²) in [6.07, 6.45) is 0. The molecule has 0 aliphatic carbocycles. The molecule has 0 bridgehead atoms. The fraction of sp³-hybridized carbons (Fsp3) is 0.267. The zero-order valence-corrected chi connectivity index (χ0v) is 14.2. The first kappa shape index (κ1) is 19.6. The van der Waals surface area contributed by atoms with Crippen molar-refractivity contribution in [1.29, 1.82) is 0 Å². The van der Waals surface area contributed by atoms with E-state index in [2.05, 4.69) is 6.58 Å². The lowest BCUT2D eigenvalue weighted by atomic mass is 10.3. The van der Waals surface area contributed by atoms with Crippen molar-refractivity contribution < 1.29 is 23.2 Å². The van der Waals surface area contributed by atoms with E-state index in [-0.39, 0.29) is 0 Å². The molecule has 1 amide bonds. The van der Waals surface area contributed by atoms with Gasteiger partial charge in [0.1, 0.15) is 0 Å². The van der Waals surface area contributed by atoms with Crippen LogP contribution in [-0.2, 0) is 23.2 Å². The van der Waals surface area contributed by atoms with Crippen molar-refractivity contribution in [2.75, 3.05) is 0 Å². The quantitative estimate of drug-likeness (QED) is 0.662. The molecule has 6 nitrogen and oxygen atoms in total. The second-order valence-electron chi connectivity index (χ2n) is 4.64. The molecule has 22 heavy (non-hydrogen) atoms. The number of hydrogen-bond acceptors (Lipinski definition) is 5. The highest BCUT2D eigenvalue weighted by molar-refractivity contribution is 6.82. The van der Waals surface area contributed by atoms with Gasteiger partial charge in [0.05, 0.1) is 0 Å². The molecule has 1 aromatic rings. The van der Waals surface area contributed by atoms with Gasteiger partial charge in [-0.05, 0) is 6.92 Å². The molecule has 0 atom stereocenters. The molecule has 0 spiro atoms. The third-order valence-electron chi connectivity index (χ3n) is 2.40. The monoisotopic (exact) mass is 323 g/mol. The third-order valence-corrected chi connectivity index (χ3v) is 5.13. The first-order valence-corrected chi connectivity index (χ1v) is 8.80. The molecular formula is C15H21NO5Si. The third kappa shape index (κ3) is 7.39. The van der Waals surface area contributed by atoms with E-state index in [0.717, 1.165) is 5.19 Å². The minimum atomic E-state index is -2.95. The Morgan fingerprint density at radius 1 is 1.00 bits per heavy atom. The molecule has 0 saturated heterocycles. The Morgan fingerprint density at radius 3 is 1.64 bits per heavy atom. The van der Waals surface area contributed by atoms with E-state index in [1.165, 1.54) is 13.8 Å². The van der Waals surface area contributed by atoms with E-state index >= 15 is 0 Å². The lowest BCUT2D eigenvalue weighted by molar-refractivity contribution is -0.138. The Bertz CT molecular complexity index is 528. The second kappa shape index (κ2) is 8.78. The minimum Gasteiger partial charge on any atom is -0.482 e. The number of amides is 1. The fourth-order valence-corrected chi connectivity index (χ4v) is 3.60. The summed E-state index contributed by atoms with van der Waals surface area (Å²) in [5, 5.41) is 0.750. The van der Waals surface area contributed by atoms with Crippen LogP contribution in [0.5, 0.6) is 0 Å². The van der Waals surface area contributed by atoms with Crippen LogP contribution in [0.4, 0.5) is 0 Å². The number of hydrogen-bond donors (Lipinski definition) is 1. The van der Waals surface area contributed by atoms with E-state index in [4.69, 9.17) is 14.6 Å². The van der Waals surface area contributed by atoms with Crippen LogP contribution < -0.4 is 10.9 Å². The zero-order chi connectivity index (χ0) is 17.3. The van der Waals surface area contributed by atoms with Crippen molar-refractivity contribution in [2.45, 2.75) is 27.3 Å². The molecule has 0 aliphatic rings. The molecule has 0 aliphatic heterocycles. The van der Waals surface area contributed by atoms with Crippen LogP contribution in [0.2, 0.25) is 6.55 Å². The molecule has 0 heterocycles. The van der Waals surface area contributed by atoms with Gasteiger partial charge in [0, 0.05) is 31.2 Å². The van der Waals surface area contributed by atoms with Crippen molar-refractivity contribution in [3.8, 4) is 0 Å². The van der Waals surface area contributed by atoms with Gasteiger partial charge >= 0.3 is 8.56 Å². The predicted octanol–water partition coefficient (Wildman–Crippen LogP) is 1.14. The fourth-order valence-electron chi connectivity index (χ4n) is 1.43. The smallest absolute Gasteiger partial charge is 0.482 e. The average Bonchev–Trinajstić information content (AvgIpc) is 2.38. The zero-order valence-electron chi connectivity index (χ0n) is 13.2. The highest BCUT2D eigenvalue weighted by Gasteiger charge is 2.40. The topological polar surface area (TPSA) is 95.7 Å². The van der Waals surface area contributed by atoms with Gasteiger partial charge in [0.2, 0.25) is 5.91 Å². The number of carbonyl (C=O) groups excluding carboxylic acids is 3. The van der Waals surface area contributed by atoms with Crippen molar-refractivity contribution in [3.63, 3.8) is 0 Å². The molecule has 7 heteroatoms. The molecule has 1 rings (SSSR count). The second-order valence-corrected chi connectivity index (χ2v) is 7.52. The van der Waals surface area contributed by atoms with Gasteiger partial charge in [0.15, 0.2) is 0 Å². The lowest BCUT2D eigenvalue weighted by Crippen LogP contribution is -2.52. The average molecular weight is 323 g/mol. The van der Waals surface area contributed by atoms with E-state index in [1.807, 2.05) is 18.2 Å². The van der Waals surface area contributed by atoms with Gasteiger partial charge in [-0.1, -0.05) is 36.9 Å². The van der Waals surface area contributed by atoms with Crippen LogP contribution >= 0.6 is 0 Å². The maximum atomic E-state index is 11.0. The number of nitrogens with two attached hydrogens (primary N) is 1. The molecule has 0 radical (unpaired) electrons. The summed E-state index contributed by atoms with van der Waals surface area (Å²) >= 11 is 0. The maximum Gasteiger partial charge on any atom is 0.496 e. The van der Waals surface area contributed by atoms with Gasteiger partial charge in [-0.2, -0.15) is 0 Å². The lowest BCUT2D eigenvalue weighted by Gasteiger charge is -2.24. The van der Waals surface area contributed by atoms with Crippen molar-refractivity contribution in [2.24, 2.45) is 5.73 Å². The SMILES string of the molecule is C=C(C)C(N)=O.CC(=O)O[Si](C)(OC(C)=O)c1ccccc1. The number of rotatable bonds is 4. The number of primary amides is 1. The van der Waals surface area contributed by atoms with Crippen molar-refractivity contribution in [1.82, 2.24) is 0 Å². The van der Waals surface area contributed by atoms with E-state index in [1.54, 1.807) is 25.6 Å². The summed E-state index contributed by atoms with van der Waals surface area (Å²) in [4.78, 5) is 31.9. The summed E-state index contributed by atoms with van der Waals surface area (Å²) in [6, 6.07) is 9.05. The van der Waals surface area contributed by atoms with E-state index in [9.17, 15) is 14.4 Å². The predicted molar refractivity (Wildman–Crippen MR) is 85.2 cm³/mol. The van der Waals surface area contributed by atoms with Crippen LogP contribution in [0, 0.1) is 0 Å². The molecule has 0 fully saturated rings. The number of benzene rings is 1. The summed E-state index contributed by atoms with van der Waals surface area (Å²) in [5.41, 5.74) is 5.09. The van der Waals surface area contributed by atoms with Gasteiger partial charge in [-0.3, -0.25) is 14.4 Å². The van der Waals surface area contributed by atoms with Gasteiger partial charge in [-0.15, -0.1) is 0 Å². The molecule has 120 valence electrons. The molecular weight excluding hydrogens is 302 g/mol. The number of carbonyl (C=O) groups is 3. The minimum absolute atomic E-state index is 0.398. The molecule has 1 aromatic carbocycles. The van der Waals surface area contributed by atoms with Crippen molar-refractivity contribution in [3.05, 3.63) is 42.5 Å². The van der Waals surface area contributed by atoms with Gasteiger partial charge in [-0.25, -0.2) is 0 Å².